The molecule has 1 amide bonds. The van der Waals surface area contributed by atoms with E-state index in [4.69, 9.17) is 0 Å². The van der Waals surface area contributed by atoms with Crippen molar-refractivity contribution in [2.24, 2.45) is 0 Å². The number of carbonyl (C=O) groups excluding carboxylic acids is 1. The highest BCUT2D eigenvalue weighted by atomic mass is 19.4. The predicted octanol–water partition coefficient (Wildman–Crippen LogP) is 4.72. The van der Waals surface area contributed by atoms with Crippen molar-refractivity contribution in [3.8, 4) is 11.3 Å². The Bertz CT molecular complexity index is 1310. The summed E-state index contributed by atoms with van der Waals surface area (Å²) in [6.07, 6.45) is -3.23. The molecule has 8 heteroatoms. The van der Waals surface area contributed by atoms with E-state index in [1.165, 1.54) is 24.5 Å². The Morgan fingerprint density at radius 2 is 1.68 bits per heavy atom. The minimum Gasteiger partial charge on any atom is -0.324 e. The molecule has 0 aliphatic heterocycles. The number of amides is 1. The van der Waals surface area contributed by atoms with E-state index in [2.05, 4.69) is 10.3 Å². The maximum absolute atomic E-state index is 12.7. The topological polar surface area (TPSA) is 64.0 Å². The Kier molecular flexibility index (Phi) is 5.29. The van der Waals surface area contributed by atoms with Crippen LogP contribution in [-0.4, -0.2) is 15.5 Å². The number of benzene rings is 3. The van der Waals surface area contributed by atoms with Crippen LogP contribution in [0.15, 0.2) is 83.9 Å². The van der Waals surface area contributed by atoms with Crippen molar-refractivity contribution in [2.45, 2.75) is 12.7 Å². The lowest BCUT2D eigenvalue weighted by atomic mass is 10.1. The molecule has 0 aliphatic carbocycles. The summed E-state index contributed by atoms with van der Waals surface area (Å²) in [5.41, 5.74) is -0.0416. The molecule has 0 spiro atoms. The summed E-state index contributed by atoms with van der Waals surface area (Å²) < 4.78 is 39.2. The first-order valence-corrected chi connectivity index (χ1v) is 9.33. The van der Waals surface area contributed by atoms with Gasteiger partial charge in [-0.2, -0.15) is 13.2 Å². The molecule has 3 aromatic carbocycles. The van der Waals surface area contributed by atoms with Gasteiger partial charge in [0, 0.05) is 22.7 Å². The lowest BCUT2D eigenvalue weighted by molar-refractivity contribution is -0.137. The SMILES string of the molecule is O=C(Cn1cnc(-c2ccc(C(F)(F)F)cc2)cc1=O)Nc1cccc2ccccc12. The Labute approximate surface area is 174 Å². The van der Waals surface area contributed by atoms with Gasteiger partial charge in [0.05, 0.1) is 17.6 Å². The third-order valence-electron chi connectivity index (χ3n) is 4.77. The molecule has 0 unspecified atom stereocenters. The number of nitrogens with one attached hydrogen (secondary N) is 1. The highest BCUT2D eigenvalue weighted by Gasteiger charge is 2.30. The molecule has 0 bridgehead atoms. The number of hydrogen-bond acceptors (Lipinski definition) is 3. The molecule has 5 nitrogen and oxygen atoms in total. The maximum Gasteiger partial charge on any atom is 0.416 e. The Morgan fingerprint density at radius 3 is 2.39 bits per heavy atom. The lowest BCUT2D eigenvalue weighted by Crippen LogP contribution is -2.27. The summed E-state index contributed by atoms with van der Waals surface area (Å²) in [6.45, 7) is -0.248. The van der Waals surface area contributed by atoms with E-state index in [0.29, 0.717) is 11.3 Å². The van der Waals surface area contributed by atoms with Gasteiger partial charge in [-0.1, -0.05) is 48.5 Å². The van der Waals surface area contributed by atoms with Crippen LogP contribution in [0.3, 0.4) is 0 Å². The summed E-state index contributed by atoms with van der Waals surface area (Å²) in [6, 6.07) is 18.7. The molecule has 4 rings (SSSR count). The average Bonchev–Trinajstić information content (AvgIpc) is 2.75. The van der Waals surface area contributed by atoms with Gasteiger partial charge in [0.2, 0.25) is 5.91 Å². The van der Waals surface area contributed by atoms with Crippen molar-refractivity contribution in [3.63, 3.8) is 0 Å². The first kappa shape index (κ1) is 20.3. The van der Waals surface area contributed by atoms with Crippen molar-refractivity contribution < 1.29 is 18.0 Å². The van der Waals surface area contributed by atoms with Crippen molar-refractivity contribution in [2.75, 3.05) is 5.32 Å². The molecular formula is C23H16F3N3O2. The van der Waals surface area contributed by atoms with Gasteiger partial charge in [-0.3, -0.25) is 14.2 Å². The molecule has 156 valence electrons. The molecule has 1 aromatic heterocycles. The van der Waals surface area contributed by atoms with Crippen molar-refractivity contribution >= 4 is 22.4 Å². The van der Waals surface area contributed by atoms with Gasteiger partial charge in [0.15, 0.2) is 0 Å². The van der Waals surface area contributed by atoms with E-state index in [1.54, 1.807) is 6.07 Å². The fourth-order valence-electron chi connectivity index (χ4n) is 3.21. The third kappa shape index (κ3) is 4.48. The summed E-state index contributed by atoms with van der Waals surface area (Å²) in [4.78, 5) is 29.0. The number of rotatable bonds is 4. The summed E-state index contributed by atoms with van der Waals surface area (Å²) in [5.74, 6) is -0.400. The van der Waals surface area contributed by atoms with Gasteiger partial charge in [-0.15, -0.1) is 0 Å². The van der Waals surface area contributed by atoms with Crippen LogP contribution in [0.2, 0.25) is 0 Å². The van der Waals surface area contributed by atoms with E-state index in [1.807, 2.05) is 36.4 Å². The first-order valence-electron chi connectivity index (χ1n) is 9.33. The Morgan fingerprint density at radius 1 is 0.968 bits per heavy atom. The van der Waals surface area contributed by atoms with Gasteiger partial charge in [-0.05, 0) is 23.6 Å². The van der Waals surface area contributed by atoms with Crippen LogP contribution in [0.5, 0.6) is 0 Å². The molecule has 1 heterocycles. The van der Waals surface area contributed by atoms with E-state index < -0.39 is 23.2 Å². The molecule has 0 atom stereocenters. The molecule has 0 fully saturated rings. The van der Waals surface area contributed by atoms with Crippen LogP contribution in [0, 0.1) is 0 Å². The normalized spacial score (nSPS) is 11.5. The monoisotopic (exact) mass is 423 g/mol. The van der Waals surface area contributed by atoms with Crippen LogP contribution >= 0.6 is 0 Å². The van der Waals surface area contributed by atoms with E-state index in [9.17, 15) is 22.8 Å². The number of aromatic nitrogens is 2. The highest BCUT2D eigenvalue weighted by Crippen LogP contribution is 2.30. The molecule has 0 saturated carbocycles. The van der Waals surface area contributed by atoms with Crippen LogP contribution in [0.4, 0.5) is 18.9 Å². The van der Waals surface area contributed by atoms with E-state index in [-0.39, 0.29) is 12.2 Å². The number of fused-ring (bicyclic) bond motifs is 1. The van der Waals surface area contributed by atoms with E-state index in [0.717, 1.165) is 27.5 Å². The van der Waals surface area contributed by atoms with E-state index >= 15 is 0 Å². The van der Waals surface area contributed by atoms with Crippen molar-refractivity contribution in [1.29, 1.82) is 0 Å². The molecule has 0 radical (unpaired) electrons. The average molecular weight is 423 g/mol. The lowest BCUT2D eigenvalue weighted by Gasteiger charge is -2.10. The minimum absolute atomic E-state index is 0.226. The maximum atomic E-state index is 12.7. The second-order valence-electron chi connectivity index (χ2n) is 6.89. The number of alkyl halides is 3. The fourth-order valence-corrected chi connectivity index (χ4v) is 3.21. The second kappa shape index (κ2) is 8.06. The first-order chi connectivity index (χ1) is 14.8. The highest BCUT2D eigenvalue weighted by molar-refractivity contribution is 6.02. The van der Waals surface area contributed by atoms with Crippen molar-refractivity contribution in [1.82, 2.24) is 9.55 Å². The smallest absolute Gasteiger partial charge is 0.324 e. The number of hydrogen-bond donors (Lipinski definition) is 1. The molecule has 0 saturated heterocycles. The third-order valence-corrected chi connectivity index (χ3v) is 4.77. The van der Waals surface area contributed by atoms with Gasteiger partial charge in [0.25, 0.3) is 5.56 Å². The van der Waals surface area contributed by atoms with Gasteiger partial charge < -0.3 is 5.32 Å². The van der Waals surface area contributed by atoms with Gasteiger partial charge >= 0.3 is 6.18 Å². The predicted molar refractivity (Wildman–Crippen MR) is 112 cm³/mol. The Balaban J connectivity index is 1.51. The van der Waals surface area contributed by atoms with Crippen molar-refractivity contribution in [3.05, 3.63) is 95.0 Å². The summed E-state index contributed by atoms with van der Waals surface area (Å²) in [5, 5.41) is 4.64. The number of halogens is 3. The molecule has 1 N–H and O–H groups in total. The number of nitrogens with zero attached hydrogens (tertiary/aromatic N) is 2. The molecule has 0 aliphatic rings. The largest absolute Gasteiger partial charge is 0.416 e. The van der Waals surface area contributed by atoms with Crippen LogP contribution in [0.25, 0.3) is 22.0 Å². The van der Waals surface area contributed by atoms with Crippen LogP contribution in [-0.2, 0) is 17.5 Å². The quantitative estimate of drug-likeness (QED) is 0.517. The van der Waals surface area contributed by atoms with Gasteiger partial charge in [0.1, 0.15) is 6.54 Å². The zero-order chi connectivity index (χ0) is 22.0. The molecule has 4 aromatic rings. The standard InChI is InChI=1S/C23H16F3N3O2/c24-23(25,26)17-10-8-16(9-11-17)20-12-22(31)29(14-27-20)13-21(30)28-19-7-3-5-15-4-1-2-6-18(15)19/h1-12,14H,13H2,(H,28,30). The fraction of sp³-hybridized carbons (Fsp3) is 0.0870. The van der Waals surface area contributed by atoms with Crippen LogP contribution < -0.4 is 10.9 Å². The Hall–Kier alpha value is -3.94. The molecule has 31 heavy (non-hydrogen) atoms. The summed E-state index contributed by atoms with van der Waals surface area (Å²) >= 11 is 0. The van der Waals surface area contributed by atoms with Gasteiger partial charge in [-0.25, -0.2) is 4.98 Å². The minimum atomic E-state index is -4.44. The summed E-state index contributed by atoms with van der Waals surface area (Å²) in [7, 11) is 0. The number of carbonyl (C=O) groups is 1. The molecular weight excluding hydrogens is 407 g/mol. The zero-order valence-electron chi connectivity index (χ0n) is 16.1. The number of anilines is 1. The second-order valence-corrected chi connectivity index (χ2v) is 6.89. The zero-order valence-corrected chi connectivity index (χ0v) is 16.1. The van der Waals surface area contributed by atoms with Crippen LogP contribution in [0.1, 0.15) is 5.56 Å².